The average molecular weight is 408 g/mol. The van der Waals surface area contributed by atoms with E-state index in [1.54, 1.807) is 23.1 Å². The molecule has 8 heteroatoms. The van der Waals surface area contributed by atoms with Gasteiger partial charge in [-0.05, 0) is 47.9 Å². The van der Waals surface area contributed by atoms with E-state index in [2.05, 4.69) is 10.4 Å². The van der Waals surface area contributed by atoms with E-state index in [9.17, 15) is 18.8 Å². The molecular weight excluding hydrogens is 387 g/mol. The van der Waals surface area contributed by atoms with Crippen LogP contribution in [0, 0.1) is 5.82 Å². The van der Waals surface area contributed by atoms with Gasteiger partial charge in [-0.1, -0.05) is 12.1 Å². The number of hydrazone groups is 1. The Morgan fingerprint density at radius 2 is 1.87 bits per heavy atom. The number of anilines is 2. The standard InChI is InChI=1S/C22H21FN4O3/c1-14(28)26-11-10-16-12-18(6-8-20(16)26)24-22(30)19-7-9-21(29)27(25-19)13-15-2-4-17(23)5-3-15/h2-6,8,12H,7,9-11,13H2,1H3,(H,24,30). The van der Waals surface area contributed by atoms with Gasteiger partial charge in [0.1, 0.15) is 11.5 Å². The zero-order valence-corrected chi connectivity index (χ0v) is 16.5. The zero-order chi connectivity index (χ0) is 21.3. The SMILES string of the molecule is CC(=O)N1CCc2cc(NC(=O)C3=NN(Cc4ccc(F)cc4)C(=O)CC3)ccc21. The number of nitrogens with zero attached hydrogens (tertiary/aromatic N) is 3. The van der Waals surface area contributed by atoms with Crippen LogP contribution in [-0.2, 0) is 27.3 Å². The van der Waals surface area contributed by atoms with Gasteiger partial charge in [0.2, 0.25) is 11.8 Å². The Labute approximate surface area is 173 Å². The van der Waals surface area contributed by atoms with Gasteiger partial charge in [0, 0.05) is 37.7 Å². The Bertz CT molecular complexity index is 1050. The average Bonchev–Trinajstić information content (AvgIpc) is 3.15. The van der Waals surface area contributed by atoms with E-state index in [1.165, 1.54) is 24.1 Å². The molecule has 4 rings (SSSR count). The van der Waals surface area contributed by atoms with E-state index in [-0.39, 0.29) is 48.6 Å². The highest BCUT2D eigenvalue weighted by molar-refractivity contribution is 6.43. The van der Waals surface area contributed by atoms with Crippen molar-refractivity contribution in [2.45, 2.75) is 32.7 Å². The summed E-state index contributed by atoms with van der Waals surface area (Å²) in [4.78, 5) is 38.3. The molecule has 2 heterocycles. The Kier molecular flexibility index (Phi) is 5.31. The number of benzene rings is 2. The minimum Gasteiger partial charge on any atom is -0.321 e. The van der Waals surface area contributed by atoms with Gasteiger partial charge in [-0.15, -0.1) is 0 Å². The molecule has 0 unspecified atom stereocenters. The molecule has 2 aliphatic rings. The zero-order valence-electron chi connectivity index (χ0n) is 16.5. The Morgan fingerprint density at radius 3 is 2.60 bits per heavy atom. The molecule has 2 aliphatic heterocycles. The summed E-state index contributed by atoms with van der Waals surface area (Å²) in [7, 11) is 0. The van der Waals surface area contributed by atoms with Gasteiger partial charge < -0.3 is 10.2 Å². The molecule has 0 radical (unpaired) electrons. The summed E-state index contributed by atoms with van der Waals surface area (Å²) >= 11 is 0. The number of halogens is 1. The lowest BCUT2D eigenvalue weighted by molar-refractivity contribution is -0.132. The molecule has 0 spiro atoms. The molecule has 0 fully saturated rings. The van der Waals surface area contributed by atoms with Crippen LogP contribution in [-0.4, -0.2) is 35.0 Å². The van der Waals surface area contributed by atoms with E-state index < -0.39 is 0 Å². The predicted octanol–water partition coefficient (Wildman–Crippen LogP) is 2.85. The number of rotatable bonds is 4. The van der Waals surface area contributed by atoms with Crippen molar-refractivity contribution in [2.24, 2.45) is 5.10 Å². The number of hydrogen-bond acceptors (Lipinski definition) is 4. The quantitative estimate of drug-likeness (QED) is 0.845. The Balaban J connectivity index is 1.47. The van der Waals surface area contributed by atoms with Crippen LogP contribution < -0.4 is 10.2 Å². The van der Waals surface area contributed by atoms with Crippen LogP contribution >= 0.6 is 0 Å². The first-order valence-corrected chi connectivity index (χ1v) is 9.75. The number of hydrogen-bond donors (Lipinski definition) is 1. The van der Waals surface area contributed by atoms with E-state index >= 15 is 0 Å². The van der Waals surface area contributed by atoms with Crippen LogP contribution in [0.15, 0.2) is 47.6 Å². The van der Waals surface area contributed by atoms with Gasteiger partial charge in [0.25, 0.3) is 5.91 Å². The van der Waals surface area contributed by atoms with E-state index in [1.807, 2.05) is 12.1 Å². The van der Waals surface area contributed by atoms with Crippen LogP contribution in [0.1, 0.15) is 30.9 Å². The maximum Gasteiger partial charge on any atom is 0.271 e. The molecule has 2 aromatic rings. The topological polar surface area (TPSA) is 82.1 Å². The number of carbonyl (C=O) groups excluding carboxylic acids is 3. The lowest BCUT2D eigenvalue weighted by Crippen LogP contribution is -2.36. The van der Waals surface area contributed by atoms with Crippen molar-refractivity contribution >= 4 is 34.8 Å². The molecule has 154 valence electrons. The molecule has 1 N–H and O–H groups in total. The van der Waals surface area contributed by atoms with Crippen molar-refractivity contribution in [3.05, 3.63) is 59.4 Å². The minimum absolute atomic E-state index is 0.00647. The largest absolute Gasteiger partial charge is 0.321 e. The van der Waals surface area contributed by atoms with E-state index in [0.29, 0.717) is 12.2 Å². The molecule has 30 heavy (non-hydrogen) atoms. The van der Waals surface area contributed by atoms with Crippen LogP contribution in [0.25, 0.3) is 0 Å². The van der Waals surface area contributed by atoms with Gasteiger partial charge in [-0.3, -0.25) is 14.4 Å². The third-order valence-corrected chi connectivity index (χ3v) is 5.23. The molecule has 0 atom stereocenters. The minimum atomic E-state index is -0.368. The summed E-state index contributed by atoms with van der Waals surface area (Å²) < 4.78 is 13.1. The summed E-state index contributed by atoms with van der Waals surface area (Å²) in [6.07, 6.45) is 1.18. The molecule has 2 aromatic carbocycles. The fourth-order valence-corrected chi connectivity index (χ4v) is 3.66. The van der Waals surface area contributed by atoms with Crippen LogP contribution in [0.4, 0.5) is 15.8 Å². The summed E-state index contributed by atoms with van der Waals surface area (Å²) in [5.41, 5.74) is 3.48. The fraction of sp³-hybridized carbons (Fsp3) is 0.273. The van der Waals surface area contributed by atoms with Gasteiger partial charge in [-0.25, -0.2) is 9.40 Å². The molecule has 0 saturated carbocycles. The first-order valence-electron chi connectivity index (χ1n) is 9.75. The molecular formula is C22H21FN4O3. The maximum absolute atomic E-state index is 13.1. The van der Waals surface area contributed by atoms with Gasteiger partial charge in [0.15, 0.2) is 0 Å². The van der Waals surface area contributed by atoms with E-state index in [4.69, 9.17) is 0 Å². The van der Waals surface area contributed by atoms with Crippen molar-refractivity contribution in [3.63, 3.8) is 0 Å². The molecule has 0 aliphatic carbocycles. The summed E-state index contributed by atoms with van der Waals surface area (Å²) in [5, 5.41) is 8.31. The second-order valence-electron chi connectivity index (χ2n) is 7.34. The first-order chi connectivity index (χ1) is 14.4. The highest BCUT2D eigenvalue weighted by Crippen LogP contribution is 2.30. The third kappa shape index (κ3) is 4.07. The summed E-state index contributed by atoms with van der Waals surface area (Å²) in [6, 6.07) is 11.3. The van der Waals surface area contributed by atoms with Crippen molar-refractivity contribution in [3.8, 4) is 0 Å². The van der Waals surface area contributed by atoms with Gasteiger partial charge >= 0.3 is 0 Å². The second kappa shape index (κ2) is 8.06. The Hall–Kier alpha value is -3.55. The number of carbonyl (C=O) groups is 3. The Morgan fingerprint density at radius 1 is 1.10 bits per heavy atom. The van der Waals surface area contributed by atoms with Crippen LogP contribution in [0.2, 0.25) is 0 Å². The van der Waals surface area contributed by atoms with Crippen molar-refractivity contribution < 1.29 is 18.8 Å². The highest BCUT2D eigenvalue weighted by Gasteiger charge is 2.26. The molecule has 0 saturated heterocycles. The maximum atomic E-state index is 13.1. The number of fused-ring (bicyclic) bond motifs is 1. The summed E-state index contributed by atoms with van der Waals surface area (Å²) in [5.74, 6) is -0.910. The van der Waals surface area contributed by atoms with E-state index in [0.717, 1.165) is 23.2 Å². The number of nitrogens with one attached hydrogen (secondary N) is 1. The predicted molar refractivity (Wildman–Crippen MR) is 110 cm³/mol. The third-order valence-electron chi connectivity index (χ3n) is 5.23. The van der Waals surface area contributed by atoms with Gasteiger partial charge in [0.05, 0.1) is 6.54 Å². The molecule has 0 aromatic heterocycles. The second-order valence-corrected chi connectivity index (χ2v) is 7.34. The van der Waals surface area contributed by atoms with Crippen molar-refractivity contribution in [1.82, 2.24) is 5.01 Å². The summed E-state index contributed by atoms with van der Waals surface area (Å²) in [6.45, 7) is 2.34. The highest BCUT2D eigenvalue weighted by atomic mass is 19.1. The van der Waals surface area contributed by atoms with Crippen molar-refractivity contribution in [2.75, 3.05) is 16.8 Å². The van der Waals surface area contributed by atoms with Crippen LogP contribution in [0.3, 0.4) is 0 Å². The monoisotopic (exact) mass is 408 g/mol. The fourth-order valence-electron chi connectivity index (χ4n) is 3.66. The normalized spacial score (nSPS) is 15.7. The smallest absolute Gasteiger partial charge is 0.271 e. The van der Waals surface area contributed by atoms with Crippen LogP contribution in [0.5, 0.6) is 0 Å². The molecule has 3 amide bonds. The lowest BCUT2D eigenvalue weighted by Gasteiger charge is -2.23. The lowest BCUT2D eigenvalue weighted by atomic mass is 10.1. The first kappa shape index (κ1) is 19.8. The number of amides is 3. The molecule has 7 nitrogen and oxygen atoms in total. The molecule has 0 bridgehead atoms. The van der Waals surface area contributed by atoms with Gasteiger partial charge in [-0.2, -0.15) is 5.10 Å². The van der Waals surface area contributed by atoms with Crippen molar-refractivity contribution in [1.29, 1.82) is 0 Å².